The van der Waals surface area contributed by atoms with Crippen LogP contribution < -0.4 is 34.3 Å². The van der Waals surface area contributed by atoms with Crippen molar-refractivity contribution in [2.24, 2.45) is 5.34 Å². The van der Waals surface area contributed by atoms with Gasteiger partial charge in [0.15, 0.2) is 11.3 Å². The number of fused-ring (bicyclic) bond motifs is 3. The van der Waals surface area contributed by atoms with E-state index in [2.05, 4.69) is 43.2 Å². The van der Waals surface area contributed by atoms with Crippen molar-refractivity contribution in [2.75, 3.05) is 33.3 Å². The van der Waals surface area contributed by atoms with Crippen molar-refractivity contribution in [3.63, 3.8) is 0 Å². The number of carbonyl (C=O) groups excluding carboxylic acids is 1. The SMILES string of the molecule is CN1CCC[C@H]1COc1nc2c(F)c(Br)c(Cl)cc2c2c1nnn2C1CCN(C(=O)OC(C)(C)C)CC1.O=N[O-].[Na+]. The average molecular weight is 667 g/mol. The smallest absolute Gasteiger partial charge is 0.474 e. The quantitative estimate of drug-likeness (QED) is 0.178. The first-order valence-corrected chi connectivity index (χ1v) is 14.1. The first-order chi connectivity index (χ1) is 18.9. The summed E-state index contributed by atoms with van der Waals surface area (Å²) in [5.41, 5.74) is 0.695. The molecule has 41 heavy (non-hydrogen) atoms. The second kappa shape index (κ2) is 14.1. The normalized spacial score (nSPS) is 18.1. The first kappa shape index (κ1) is 33.7. The molecule has 2 aliphatic rings. The number of piperidine rings is 1. The van der Waals surface area contributed by atoms with E-state index in [0.717, 1.165) is 24.7 Å². The van der Waals surface area contributed by atoms with Gasteiger partial charge in [0.2, 0.25) is 5.88 Å². The summed E-state index contributed by atoms with van der Waals surface area (Å²) in [6.45, 7) is 8.04. The Bertz CT molecular complexity index is 1400. The number of rotatable bonds is 4. The fourth-order valence-corrected chi connectivity index (χ4v) is 5.55. The summed E-state index contributed by atoms with van der Waals surface area (Å²) in [5, 5.41) is 18.6. The maximum Gasteiger partial charge on any atom is 1.00 e. The summed E-state index contributed by atoms with van der Waals surface area (Å²) < 4.78 is 29.0. The minimum absolute atomic E-state index is 0. The van der Waals surface area contributed by atoms with E-state index >= 15 is 4.39 Å². The number of hydrogen-bond donors (Lipinski definition) is 0. The number of halogens is 3. The molecule has 0 spiro atoms. The summed E-state index contributed by atoms with van der Waals surface area (Å²) in [6.07, 6.45) is 3.12. The predicted molar refractivity (Wildman–Crippen MR) is 152 cm³/mol. The second-order valence-corrected chi connectivity index (χ2v) is 12.1. The fraction of sp³-hybridized carbons (Fsp3) is 0.600. The van der Waals surface area contributed by atoms with Crippen molar-refractivity contribution in [1.82, 2.24) is 29.8 Å². The molecule has 5 rings (SSSR count). The van der Waals surface area contributed by atoms with Crippen LogP contribution in [0.15, 0.2) is 15.9 Å². The monoisotopic (exact) mass is 665 g/mol. The molecule has 0 bridgehead atoms. The minimum Gasteiger partial charge on any atom is -0.474 e. The molecule has 0 unspecified atom stereocenters. The molecule has 0 saturated carbocycles. The van der Waals surface area contributed by atoms with Gasteiger partial charge in [-0.25, -0.2) is 18.9 Å². The Hall–Kier alpha value is -1.84. The number of likely N-dealkylation sites (tertiary alicyclic amines) is 2. The molecule has 4 heterocycles. The van der Waals surface area contributed by atoms with Gasteiger partial charge in [0.05, 0.1) is 15.5 Å². The van der Waals surface area contributed by atoms with Crippen LogP contribution in [0.4, 0.5) is 9.18 Å². The molecule has 1 atom stereocenters. The van der Waals surface area contributed by atoms with Crippen LogP contribution in [0.1, 0.15) is 52.5 Å². The predicted octanol–water partition coefficient (Wildman–Crippen LogP) is 2.83. The number of carbonyl (C=O) groups is 1. The molecular weight excluding hydrogens is 636 g/mol. The third-order valence-electron chi connectivity index (χ3n) is 7.05. The molecule has 0 aliphatic carbocycles. The average Bonchev–Trinajstić information content (AvgIpc) is 3.52. The van der Waals surface area contributed by atoms with Crippen LogP contribution in [0.2, 0.25) is 5.02 Å². The van der Waals surface area contributed by atoms with Gasteiger partial charge < -0.3 is 29.4 Å². The molecule has 3 aromatic rings. The largest absolute Gasteiger partial charge is 1.00 e. The van der Waals surface area contributed by atoms with E-state index in [9.17, 15) is 4.79 Å². The molecule has 16 heteroatoms. The number of benzene rings is 1. The molecule has 218 valence electrons. The number of aromatic nitrogens is 4. The maximum atomic E-state index is 15.4. The summed E-state index contributed by atoms with van der Waals surface area (Å²) >= 11 is 9.58. The van der Waals surface area contributed by atoms with Crippen LogP contribution in [0.3, 0.4) is 0 Å². The zero-order valence-electron chi connectivity index (χ0n) is 23.7. The fourth-order valence-electron chi connectivity index (χ4n) is 5.06. The number of hydrogen-bond acceptors (Lipinski definition) is 10. The van der Waals surface area contributed by atoms with E-state index in [1.165, 1.54) is 0 Å². The van der Waals surface area contributed by atoms with Crippen molar-refractivity contribution >= 4 is 55.6 Å². The molecule has 2 aliphatic heterocycles. The number of ether oxygens (including phenoxy) is 2. The van der Waals surface area contributed by atoms with E-state index < -0.39 is 11.4 Å². The van der Waals surface area contributed by atoms with Gasteiger partial charge >= 0.3 is 35.7 Å². The summed E-state index contributed by atoms with van der Waals surface area (Å²) in [4.78, 5) is 29.0. The van der Waals surface area contributed by atoms with E-state index in [4.69, 9.17) is 31.2 Å². The molecule has 1 aromatic carbocycles. The third-order valence-corrected chi connectivity index (χ3v) is 8.35. The van der Waals surface area contributed by atoms with Gasteiger partial charge in [-0.1, -0.05) is 16.8 Å². The van der Waals surface area contributed by atoms with Gasteiger partial charge in [0.1, 0.15) is 23.2 Å². The first-order valence-electron chi connectivity index (χ1n) is 12.9. The van der Waals surface area contributed by atoms with E-state index in [1.807, 2.05) is 25.5 Å². The van der Waals surface area contributed by atoms with Crippen LogP contribution in [-0.4, -0.2) is 80.8 Å². The maximum absolute atomic E-state index is 15.4. The van der Waals surface area contributed by atoms with Gasteiger partial charge in [0, 0.05) is 24.5 Å². The molecular formula is C25H31BrClFN7NaO5. The topological polar surface area (TPSA) is 138 Å². The van der Waals surface area contributed by atoms with Crippen LogP contribution in [0, 0.1) is 15.9 Å². The van der Waals surface area contributed by atoms with E-state index in [1.54, 1.807) is 11.0 Å². The zero-order valence-corrected chi connectivity index (χ0v) is 28.0. The van der Waals surface area contributed by atoms with Crippen molar-refractivity contribution in [3.8, 4) is 5.88 Å². The number of amides is 1. The van der Waals surface area contributed by atoms with Crippen molar-refractivity contribution in [3.05, 3.63) is 31.5 Å². The summed E-state index contributed by atoms with van der Waals surface area (Å²) in [6, 6.07) is 1.90. The van der Waals surface area contributed by atoms with Crippen LogP contribution in [0.25, 0.3) is 21.9 Å². The third kappa shape index (κ3) is 7.57. The molecule has 1 amide bonds. The van der Waals surface area contributed by atoms with E-state index in [0.29, 0.717) is 49.0 Å². The van der Waals surface area contributed by atoms with Gasteiger partial charge in [-0.2, -0.15) is 0 Å². The number of pyridine rings is 1. The summed E-state index contributed by atoms with van der Waals surface area (Å²) in [7, 11) is 2.07. The Labute approximate surface area is 272 Å². The molecule has 2 fully saturated rings. The van der Waals surface area contributed by atoms with Crippen LogP contribution >= 0.6 is 27.5 Å². The Morgan fingerprint density at radius 1 is 1.24 bits per heavy atom. The minimum atomic E-state index is -0.556. The molecule has 2 saturated heterocycles. The zero-order chi connectivity index (χ0) is 29.2. The molecule has 12 nitrogen and oxygen atoms in total. The van der Waals surface area contributed by atoms with Crippen molar-refractivity contribution < 1.29 is 48.2 Å². The van der Waals surface area contributed by atoms with Crippen molar-refractivity contribution in [1.29, 1.82) is 0 Å². The van der Waals surface area contributed by atoms with Crippen molar-refractivity contribution in [2.45, 2.75) is 64.1 Å². The van der Waals surface area contributed by atoms with Gasteiger partial charge in [-0.15, -0.1) is 10.4 Å². The van der Waals surface area contributed by atoms with Gasteiger partial charge in [-0.3, -0.25) is 0 Å². The Morgan fingerprint density at radius 2 is 1.90 bits per heavy atom. The van der Waals surface area contributed by atoms with Gasteiger partial charge in [0.25, 0.3) is 0 Å². The molecule has 2 aromatic heterocycles. The van der Waals surface area contributed by atoms with Crippen LogP contribution in [-0.2, 0) is 4.74 Å². The van der Waals surface area contributed by atoms with Gasteiger partial charge in [-0.05, 0) is 82.0 Å². The Kier molecular flexibility index (Phi) is 11.6. The summed E-state index contributed by atoms with van der Waals surface area (Å²) in [5.74, 6) is -0.298. The number of nitrogens with zero attached hydrogens (tertiary/aromatic N) is 7. The van der Waals surface area contributed by atoms with E-state index in [-0.39, 0.29) is 68.6 Å². The Morgan fingerprint density at radius 3 is 2.49 bits per heavy atom. The van der Waals surface area contributed by atoms with Crippen LogP contribution in [0.5, 0.6) is 5.88 Å². The Balaban J connectivity index is 0.00000111. The molecule has 0 N–H and O–H groups in total. The second-order valence-electron chi connectivity index (χ2n) is 10.9. The number of likely N-dealkylation sites (N-methyl/N-ethyl adjacent to an activating group) is 1. The standard InChI is InChI=1S/C25H31BrClFN6O3.HNO2.Na/c1-25(2,3)37-24(35)33-10-7-14(8-11-33)34-22-16-12-17(27)18(26)19(28)20(16)29-23(21(22)30-31-34)36-13-15-6-5-9-32(15)4;2-1-3;/h12,14-15H,5-11,13H2,1-4H3;(H,2,3);/q;;+1/p-1/t15-;;/m0../s1. The molecule has 0 radical (unpaired) electrons.